The second-order valence-electron chi connectivity index (χ2n) is 8.94. The van der Waals surface area contributed by atoms with Crippen molar-refractivity contribution in [2.24, 2.45) is 11.7 Å². The van der Waals surface area contributed by atoms with Gasteiger partial charge >= 0.3 is 6.61 Å². The van der Waals surface area contributed by atoms with Gasteiger partial charge in [-0.3, -0.25) is 9.69 Å². The Bertz CT molecular complexity index is 1010. The van der Waals surface area contributed by atoms with E-state index in [0.717, 1.165) is 18.4 Å². The van der Waals surface area contributed by atoms with Gasteiger partial charge in [0, 0.05) is 31.6 Å². The summed E-state index contributed by atoms with van der Waals surface area (Å²) in [6, 6.07) is 6.36. The molecule has 1 saturated carbocycles. The summed E-state index contributed by atoms with van der Waals surface area (Å²) in [4.78, 5) is 23.0. The third-order valence-electron chi connectivity index (χ3n) is 6.25. The number of carbonyl (C=O) groups is 1. The van der Waals surface area contributed by atoms with Crippen LogP contribution in [0.5, 0.6) is 5.75 Å². The van der Waals surface area contributed by atoms with Crippen LogP contribution >= 0.6 is 0 Å². The SMILES string of the molecule is NC(=O)CN1CCC(CNc2ncnc(N(Cc3ccc(OC(F)F)cc3)C3CC3)c2F)[C@@H](O)C1. The zero-order chi connectivity index (χ0) is 24.9. The Morgan fingerprint density at radius 3 is 2.63 bits per heavy atom. The highest BCUT2D eigenvalue weighted by Crippen LogP contribution is 2.35. The number of benzene rings is 1. The summed E-state index contributed by atoms with van der Waals surface area (Å²) in [6.45, 7) is -1.20. The van der Waals surface area contributed by atoms with E-state index in [-0.39, 0.29) is 35.9 Å². The van der Waals surface area contributed by atoms with Gasteiger partial charge < -0.3 is 25.8 Å². The van der Waals surface area contributed by atoms with E-state index in [1.54, 1.807) is 17.0 Å². The van der Waals surface area contributed by atoms with E-state index in [9.17, 15) is 18.7 Å². The van der Waals surface area contributed by atoms with Crippen LogP contribution in [0.4, 0.5) is 24.8 Å². The number of piperidine rings is 1. The quantitative estimate of drug-likeness (QED) is 0.434. The number of alkyl halides is 2. The number of nitrogens with one attached hydrogen (secondary N) is 1. The number of hydrogen-bond donors (Lipinski definition) is 3. The van der Waals surface area contributed by atoms with Crippen LogP contribution in [-0.4, -0.2) is 70.8 Å². The maximum absolute atomic E-state index is 15.4. The van der Waals surface area contributed by atoms with E-state index >= 15 is 4.39 Å². The number of aliphatic hydroxyl groups excluding tert-OH is 1. The van der Waals surface area contributed by atoms with Crippen molar-refractivity contribution in [2.75, 3.05) is 36.4 Å². The Balaban J connectivity index is 1.40. The number of hydrogen-bond acceptors (Lipinski definition) is 8. The first-order valence-electron chi connectivity index (χ1n) is 11.5. The zero-order valence-corrected chi connectivity index (χ0v) is 19.1. The van der Waals surface area contributed by atoms with Gasteiger partial charge in [-0.15, -0.1) is 0 Å². The molecule has 1 aromatic heterocycles. The summed E-state index contributed by atoms with van der Waals surface area (Å²) in [7, 11) is 0. The average Bonchev–Trinajstić information content (AvgIpc) is 3.64. The summed E-state index contributed by atoms with van der Waals surface area (Å²) < 4.78 is 44.6. The Kier molecular flexibility index (Phi) is 7.91. The fourth-order valence-electron chi connectivity index (χ4n) is 4.30. The number of halogens is 3. The maximum Gasteiger partial charge on any atom is 0.387 e. The molecule has 12 heteroatoms. The smallest absolute Gasteiger partial charge is 0.387 e. The van der Waals surface area contributed by atoms with E-state index in [4.69, 9.17) is 5.73 Å². The molecule has 2 aromatic rings. The first-order chi connectivity index (χ1) is 16.8. The highest BCUT2D eigenvalue weighted by atomic mass is 19.3. The summed E-state index contributed by atoms with van der Waals surface area (Å²) in [5, 5.41) is 13.4. The van der Waals surface area contributed by atoms with Gasteiger partial charge in [-0.25, -0.2) is 9.97 Å². The minimum atomic E-state index is -2.89. The van der Waals surface area contributed by atoms with Gasteiger partial charge in [0.15, 0.2) is 11.6 Å². The second kappa shape index (κ2) is 11.1. The number of β-amino-alcohol motifs (C(OH)–C–C–N with tert-alkyl or cyclic N) is 1. The lowest BCUT2D eigenvalue weighted by atomic mass is 9.93. The number of anilines is 2. The number of carbonyl (C=O) groups excluding carboxylic acids is 1. The maximum atomic E-state index is 15.4. The molecule has 190 valence electrons. The first kappa shape index (κ1) is 25.0. The zero-order valence-electron chi connectivity index (χ0n) is 19.1. The molecule has 0 radical (unpaired) electrons. The molecule has 1 aliphatic carbocycles. The summed E-state index contributed by atoms with van der Waals surface area (Å²) >= 11 is 0. The molecule has 0 spiro atoms. The molecule has 9 nitrogen and oxygen atoms in total. The van der Waals surface area contributed by atoms with Crippen molar-refractivity contribution in [3.63, 3.8) is 0 Å². The van der Waals surface area contributed by atoms with Gasteiger partial charge in [0.1, 0.15) is 12.1 Å². The Morgan fingerprint density at radius 2 is 2.00 bits per heavy atom. The first-order valence-corrected chi connectivity index (χ1v) is 11.5. The Labute approximate surface area is 201 Å². The van der Waals surface area contributed by atoms with Crippen molar-refractivity contribution < 1.29 is 27.8 Å². The van der Waals surface area contributed by atoms with Gasteiger partial charge in [-0.1, -0.05) is 12.1 Å². The number of amides is 1. The lowest BCUT2D eigenvalue weighted by molar-refractivity contribution is -0.120. The summed E-state index contributed by atoms with van der Waals surface area (Å²) in [5.41, 5.74) is 6.03. The molecule has 1 aliphatic heterocycles. The second-order valence-corrected chi connectivity index (χ2v) is 8.94. The van der Waals surface area contributed by atoms with E-state index in [0.29, 0.717) is 32.6 Å². The predicted molar refractivity (Wildman–Crippen MR) is 123 cm³/mol. The number of nitrogens with zero attached hydrogens (tertiary/aromatic N) is 4. The topological polar surface area (TPSA) is 117 Å². The minimum absolute atomic E-state index is 0.0492. The highest BCUT2D eigenvalue weighted by Gasteiger charge is 2.33. The number of nitrogens with two attached hydrogens (primary N) is 1. The summed E-state index contributed by atoms with van der Waals surface area (Å²) in [5.74, 6) is -0.892. The molecule has 1 saturated heterocycles. The number of ether oxygens (including phenoxy) is 1. The van der Waals surface area contributed by atoms with Crippen molar-refractivity contribution in [3.8, 4) is 5.75 Å². The fraction of sp³-hybridized carbons (Fsp3) is 0.522. The van der Waals surface area contributed by atoms with Crippen molar-refractivity contribution in [1.29, 1.82) is 0 Å². The van der Waals surface area contributed by atoms with Crippen LogP contribution in [0.25, 0.3) is 0 Å². The van der Waals surface area contributed by atoms with Crippen LogP contribution in [-0.2, 0) is 11.3 Å². The lowest BCUT2D eigenvalue weighted by Crippen LogP contribution is -2.48. The van der Waals surface area contributed by atoms with Gasteiger partial charge in [0.05, 0.1) is 12.6 Å². The third-order valence-corrected chi connectivity index (χ3v) is 6.25. The normalized spacial score (nSPS) is 20.6. The molecular formula is C23H29F3N6O3. The van der Waals surface area contributed by atoms with Crippen molar-refractivity contribution >= 4 is 17.5 Å². The van der Waals surface area contributed by atoms with Crippen LogP contribution in [0.1, 0.15) is 24.8 Å². The van der Waals surface area contributed by atoms with Crippen molar-refractivity contribution in [2.45, 2.75) is 44.6 Å². The van der Waals surface area contributed by atoms with Gasteiger partial charge in [0.25, 0.3) is 0 Å². The molecule has 35 heavy (non-hydrogen) atoms. The van der Waals surface area contributed by atoms with E-state index in [2.05, 4.69) is 20.0 Å². The molecular weight excluding hydrogens is 465 g/mol. The molecule has 2 heterocycles. The molecule has 1 aromatic carbocycles. The van der Waals surface area contributed by atoms with Crippen LogP contribution in [0.15, 0.2) is 30.6 Å². The van der Waals surface area contributed by atoms with Crippen LogP contribution < -0.4 is 20.7 Å². The molecule has 2 atom stereocenters. The number of aromatic nitrogens is 2. The number of rotatable bonds is 11. The molecule has 2 fully saturated rings. The largest absolute Gasteiger partial charge is 0.435 e. The van der Waals surface area contributed by atoms with E-state index in [1.807, 2.05) is 4.90 Å². The minimum Gasteiger partial charge on any atom is -0.435 e. The molecule has 2 aliphatic rings. The monoisotopic (exact) mass is 494 g/mol. The van der Waals surface area contributed by atoms with Gasteiger partial charge in [-0.2, -0.15) is 13.2 Å². The Morgan fingerprint density at radius 1 is 1.26 bits per heavy atom. The lowest BCUT2D eigenvalue weighted by Gasteiger charge is -2.35. The molecule has 4 N–H and O–H groups in total. The fourth-order valence-corrected chi connectivity index (χ4v) is 4.30. The van der Waals surface area contributed by atoms with Crippen molar-refractivity contribution in [3.05, 3.63) is 42.0 Å². The van der Waals surface area contributed by atoms with Gasteiger partial charge in [-0.05, 0) is 43.5 Å². The highest BCUT2D eigenvalue weighted by molar-refractivity contribution is 5.75. The third kappa shape index (κ3) is 6.73. The van der Waals surface area contributed by atoms with E-state index in [1.165, 1.54) is 18.5 Å². The molecule has 0 bridgehead atoms. The molecule has 4 rings (SSSR count). The predicted octanol–water partition coefficient (Wildman–Crippen LogP) is 1.97. The van der Waals surface area contributed by atoms with Crippen LogP contribution in [0.2, 0.25) is 0 Å². The van der Waals surface area contributed by atoms with Crippen LogP contribution in [0.3, 0.4) is 0 Å². The average molecular weight is 495 g/mol. The van der Waals surface area contributed by atoms with Gasteiger partial charge in [0.2, 0.25) is 11.7 Å². The Hall–Kier alpha value is -3.12. The number of primary amides is 1. The number of aliphatic hydroxyl groups is 1. The van der Waals surface area contributed by atoms with Crippen molar-refractivity contribution in [1.82, 2.24) is 14.9 Å². The standard InChI is InChI=1S/C23H29F3N6O3/c24-20-21(28-9-15-7-8-31(11-18(15)33)12-19(27)34)29-13-30-22(20)32(16-3-4-16)10-14-1-5-17(6-2-14)35-23(25)26/h1-2,5-6,13,15-16,18,23,33H,3-4,7-12H2,(H2,27,34)(H,28,29,30)/t15?,18-/m0/s1. The summed E-state index contributed by atoms with van der Waals surface area (Å²) in [6.07, 6.45) is 3.03. The molecule has 1 amide bonds. The number of likely N-dealkylation sites (tertiary alicyclic amines) is 1. The van der Waals surface area contributed by atoms with Crippen LogP contribution in [0, 0.1) is 11.7 Å². The molecule has 1 unspecified atom stereocenters. The van der Waals surface area contributed by atoms with E-state index < -0.39 is 24.4 Å².